The molecule has 42 heavy (non-hydrogen) atoms. The summed E-state index contributed by atoms with van der Waals surface area (Å²) in [4.78, 5) is 0. The van der Waals surface area contributed by atoms with Crippen molar-refractivity contribution in [3.8, 4) is 22.3 Å². The first-order chi connectivity index (χ1) is 22.5. The Morgan fingerprint density at radius 2 is 0.762 bits per heavy atom. The molecule has 0 saturated carbocycles. The molecule has 0 saturated heterocycles. The fraction of sp³-hybridized carbons (Fsp3) is 0. The molecule has 0 heterocycles. The van der Waals surface area contributed by atoms with E-state index in [4.69, 9.17) is 2.74 Å². The smallest absolute Gasteiger partial charge is 0.0616 e. The summed E-state index contributed by atoms with van der Waals surface area (Å²) in [6.07, 6.45) is 0. The highest BCUT2D eigenvalue weighted by molar-refractivity contribution is 6.23. The monoisotopic (exact) mass is 534 g/mol. The van der Waals surface area contributed by atoms with Crippen LogP contribution in [0.5, 0.6) is 0 Å². The van der Waals surface area contributed by atoms with Gasteiger partial charge in [0.2, 0.25) is 0 Å². The maximum atomic E-state index is 9.24. The molecule has 0 N–H and O–H groups in total. The zero-order valence-electron chi connectivity index (χ0n) is 26.7. The lowest BCUT2D eigenvalue weighted by Crippen LogP contribution is -1.91. The zero-order chi connectivity index (χ0) is 31.1. The van der Waals surface area contributed by atoms with Crippen molar-refractivity contribution >= 4 is 64.6 Å². The molecule has 0 heteroatoms. The first kappa shape index (κ1) is 19.6. The molecule has 0 aliphatic heterocycles. The van der Waals surface area contributed by atoms with E-state index in [1.807, 2.05) is 24.3 Å². The van der Waals surface area contributed by atoms with Gasteiger partial charge in [-0.05, 0) is 99.0 Å². The Bertz CT molecular complexity index is 2740. The molecule has 9 aromatic rings. The standard InChI is InChI=1S/C42H26/c1-2-11-29-25-31(18-17-27(29)9-1)41-37-13-5-7-15-39(37)42(40-16-8-6-14-38(40)41)32-21-22-34-30(26-32)20-24-35-33-12-4-3-10-28(33)19-23-36(34)35/h1-26H/i5D,7D,13D,15D. The van der Waals surface area contributed by atoms with Gasteiger partial charge in [-0.25, -0.2) is 0 Å². The van der Waals surface area contributed by atoms with Crippen molar-refractivity contribution in [2.45, 2.75) is 0 Å². The van der Waals surface area contributed by atoms with Crippen molar-refractivity contribution < 1.29 is 5.48 Å². The van der Waals surface area contributed by atoms with Gasteiger partial charge in [-0.1, -0.05) is 145 Å². The van der Waals surface area contributed by atoms with Crippen LogP contribution in [0.15, 0.2) is 158 Å². The Kier molecular flexibility index (Phi) is 4.21. The van der Waals surface area contributed by atoms with Crippen molar-refractivity contribution in [1.29, 1.82) is 0 Å². The Morgan fingerprint density at radius 1 is 0.310 bits per heavy atom. The average molecular weight is 535 g/mol. The lowest BCUT2D eigenvalue weighted by molar-refractivity contribution is 1.68. The summed E-state index contributed by atoms with van der Waals surface area (Å²) < 4.78 is 35.8. The summed E-state index contributed by atoms with van der Waals surface area (Å²) in [5, 5.41) is 12.3. The SMILES string of the molecule is [2H]c1c([2H])c([2H])c2c(-c3ccc4c(ccc5c6ccccc6ccc45)c3)c3ccccc3c(-c3ccc4ccccc4c3)c2c1[2H]. The van der Waals surface area contributed by atoms with Crippen LogP contribution in [0.4, 0.5) is 0 Å². The van der Waals surface area contributed by atoms with E-state index in [0.717, 1.165) is 54.6 Å². The predicted molar refractivity (Wildman–Crippen MR) is 182 cm³/mol. The molecule has 9 aromatic carbocycles. The second kappa shape index (κ2) is 9.03. The van der Waals surface area contributed by atoms with Gasteiger partial charge in [0.05, 0.1) is 5.48 Å². The van der Waals surface area contributed by atoms with Gasteiger partial charge in [-0.2, -0.15) is 0 Å². The van der Waals surface area contributed by atoms with E-state index in [-0.39, 0.29) is 24.2 Å². The van der Waals surface area contributed by atoms with Crippen LogP contribution in [0.2, 0.25) is 0 Å². The van der Waals surface area contributed by atoms with E-state index in [1.165, 1.54) is 21.5 Å². The van der Waals surface area contributed by atoms with E-state index in [0.29, 0.717) is 10.8 Å². The van der Waals surface area contributed by atoms with E-state index >= 15 is 0 Å². The lowest BCUT2D eigenvalue weighted by atomic mass is 9.85. The predicted octanol–water partition coefficient (Wildman–Crippen LogP) is 11.9. The summed E-state index contributed by atoms with van der Waals surface area (Å²) in [6.45, 7) is 0. The molecule has 0 radical (unpaired) electrons. The summed E-state index contributed by atoms with van der Waals surface area (Å²) >= 11 is 0. The van der Waals surface area contributed by atoms with Crippen molar-refractivity contribution in [1.82, 2.24) is 0 Å². The third-order valence-corrected chi connectivity index (χ3v) is 8.72. The van der Waals surface area contributed by atoms with Crippen molar-refractivity contribution in [2.75, 3.05) is 0 Å². The molecule has 0 aromatic heterocycles. The van der Waals surface area contributed by atoms with Gasteiger partial charge in [-0.3, -0.25) is 0 Å². The summed E-state index contributed by atoms with van der Waals surface area (Å²) in [6, 6.07) is 45.7. The molecule has 0 nitrogen and oxygen atoms in total. The molecular weight excluding hydrogens is 504 g/mol. The topological polar surface area (TPSA) is 0 Å². The molecule has 0 bridgehead atoms. The summed E-state index contributed by atoms with van der Waals surface area (Å²) in [5.74, 6) is 0. The number of fused-ring (bicyclic) bond motifs is 8. The third-order valence-electron chi connectivity index (χ3n) is 8.72. The Labute approximate surface area is 249 Å². The molecule has 0 amide bonds. The van der Waals surface area contributed by atoms with E-state index in [1.54, 1.807) is 0 Å². The van der Waals surface area contributed by atoms with Gasteiger partial charge >= 0.3 is 0 Å². The molecule has 0 aliphatic rings. The van der Waals surface area contributed by atoms with Crippen molar-refractivity contribution in [3.05, 3.63) is 158 Å². The fourth-order valence-electron chi connectivity index (χ4n) is 6.81. The van der Waals surface area contributed by atoms with Gasteiger partial charge in [-0.15, -0.1) is 0 Å². The Hall–Kier alpha value is -5.46. The van der Waals surface area contributed by atoms with Crippen LogP contribution in [0.1, 0.15) is 5.48 Å². The minimum atomic E-state index is -0.225. The summed E-state index contributed by atoms with van der Waals surface area (Å²) in [5.41, 5.74) is 3.49. The first-order valence-electron chi connectivity index (χ1n) is 16.3. The Balaban J connectivity index is 1.40. The second-order valence-corrected chi connectivity index (χ2v) is 11.0. The highest BCUT2D eigenvalue weighted by atomic mass is 14.2. The average Bonchev–Trinajstić information content (AvgIpc) is 3.11. The second-order valence-electron chi connectivity index (χ2n) is 11.0. The van der Waals surface area contributed by atoms with Crippen LogP contribution >= 0.6 is 0 Å². The molecule has 9 rings (SSSR count). The largest absolute Gasteiger partial charge is 0.0629 e. The highest BCUT2D eigenvalue weighted by Gasteiger charge is 2.17. The van der Waals surface area contributed by atoms with Gasteiger partial charge in [0.15, 0.2) is 0 Å². The Morgan fingerprint density at radius 3 is 1.45 bits per heavy atom. The summed E-state index contributed by atoms with van der Waals surface area (Å²) in [7, 11) is 0. The maximum absolute atomic E-state index is 9.24. The molecule has 0 aliphatic carbocycles. The van der Waals surface area contributed by atoms with Crippen LogP contribution in [0.25, 0.3) is 86.9 Å². The van der Waals surface area contributed by atoms with Crippen molar-refractivity contribution in [3.63, 3.8) is 0 Å². The minimum absolute atomic E-state index is 0.0233. The van der Waals surface area contributed by atoms with Crippen LogP contribution in [0, 0.1) is 0 Å². The lowest BCUT2D eigenvalue weighted by Gasteiger charge is -2.18. The van der Waals surface area contributed by atoms with Crippen molar-refractivity contribution in [2.24, 2.45) is 0 Å². The normalized spacial score (nSPS) is 13.1. The van der Waals surface area contributed by atoms with Crippen LogP contribution in [-0.2, 0) is 0 Å². The molecular formula is C42H26. The fourth-order valence-corrected chi connectivity index (χ4v) is 6.81. The quantitative estimate of drug-likeness (QED) is 0.153. The number of rotatable bonds is 2. The van der Waals surface area contributed by atoms with Gasteiger partial charge in [0.1, 0.15) is 0 Å². The highest BCUT2D eigenvalue weighted by Crippen LogP contribution is 2.45. The third kappa shape index (κ3) is 3.42. The maximum Gasteiger partial charge on any atom is 0.0629 e. The number of benzene rings is 9. The van der Waals surface area contributed by atoms with E-state index in [9.17, 15) is 2.74 Å². The van der Waals surface area contributed by atoms with Gasteiger partial charge < -0.3 is 0 Å². The van der Waals surface area contributed by atoms with E-state index < -0.39 is 0 Å². The van der Waals surface area contributed by atoms with Gasteiger partial charge in [0.25, 0.3) is 0 Å². The zero-order valence-corrected chi connectivity index (χ0v) is 22.7. The molecule has 0 spiro atoms. The van der Waals surface area contributed by atoms with Crippen LogP contribution in [0.3, 0.4) is 0 Å². The molecule has 0 atom stereocenters. The number of hydrogen-bond acceptors (Lipinski definition) is 0. The van der Waals surface area contributed by atoms with Crippen LogP contribution in [-0.4, -0.2) is 0 Å². The molecule has 194 valence electrons. The molecule has 0 fully saturated rings. The van der Waals surface area contributed by atoms with Crippen LogP contribution < -0.4 is 0 Å². The number of hydrogen-bond donors (Lipinski definition) is 0. The molecule has 0 unspecified atom stereocenters. The van der Waals surface area contributed by atoms with Gasteiger partial charge in [0, 0.05) is 0 Å². The van der Waals surface area contributed by atoms with E-state index in [2.05, 4.69) is 109 Å². The minimum Gasteiger partial charge on any atom is -0.0616 e. The first-order valence-corrected chi connectivity index (χ1v) is 14.3.